The predicted octanol–water partition coefficient (Wildman–Crippen LogP) is 0.172. The number of hydrogen-bond donors (Lipinski definition) is 1. The molecule has 5 heteroatoms. The van der Waals surface area contributed by atoms with Gasteiger partial charge in [0.05, 0.1) is 5.02 Å². The highest BCUT2D eigenvalue weighted by molar-refractivity contribution is 6.32. The van der Waals surface area contributed by atoms with Crippen LogP contribution in [-0.4, -0.2) is 45.2 Å². The van der Waals surface area contributed by atoms with E-state index >= 15 is 0 Å². The summed E-state index contributed by atoms with van der Waals surface area (Å²) >= 11 is 6.27. The molecule has 0 atom stereocenters. The summed E-state index contributed by atoms with van der Waals surface area (Å²) in [5.74, 6) is 0.758. The molecule has 0 aliphatic rings. The molecule has 0 saturated carbocycles. The highest BCUT2D eigenvalue weighted by Crippen LogP contribution is 2.31. The zero-order valence-electron chi connectivity index (χ0n) is 13.7. The van der Waals surface area contributed by atoms with E-state index in [1.54, 1.807) is 0 Å². The van der Waals surface area contributed by atoms with Crippen molar-refractivity contribution in [2.24, 2.45) is 0 Å². The van der Waals surface area contributed by atoms with Crippen molar-refractivity contribution >= 4 is 11.6 Å². The molecule has 0 aromatic heterocycles. The quantitative estimate of drug-likeness (QED) is 0.720. The second-order valence-corrected chi connectivity index (χ2v) is 6.70. The van der Waals surface area contributed by atoms with E-state index in [2.05, 4.69) is 51.1 Å². The Morgan fingerprint density at radius 2 is 1.86 bits per heavy atom. The first-order chi connectivity index (χ1) is 9.30. The normalized spacial score (nSPS) is 11.4. The third kappa shape index (κ3) is 7.91. The Hall–Kier alpha value is -0.480. The maximum atomic E-state index is 6.27. The molecule has 0 aliphatic heterocycles. The summed E-state index contributed by atoms with van der Waals surface area (Å²) in [6.45, 7) is 9.97. The number of nitrogens with one attached hydrogen (secondary N) is 1. The van der Waals surface area contributed by atoms with Gasteiger partial charge in [0.15, 0.2) is 0 Å². The molecular weight excluding hydrogens is 307 g/mol. The second kappa shape index (κ2) is 9.52. The number of halogens is 2. The lowest BCUT2D eigenvalue weighted by Crippen LogP contribution is -3.00. The summed E-state index contributed by atoms with van der Waals surface area (Å²) in [5, 5.41) is 4.02. The lowest BCUT2D eigenvalue weighted by Gasteiger charge is -2.20. The molecule has 1 rings (SSSR count). The Morgan fingerprint density at radius 3 is 2.38 bits per heavy atom. The molecule has 0 radical (unpaired) electrons. The van der Waals surface area contributed by atoms with Gasteiger partial charge >= 0.3 is 0 Å². The van der Waals surface area contributed by atoms with Gasteiger partial charge in [-0.3, -0.25) is 0 Å². The van der Waals surface area contributed by atoms with E-state index in [9.17, 15) is 0 Å². The molecular formula is C16H27Cl2N2O-. The van der Waals surface area contributed by atoms with Crippen LogP contribution in [0.15, 0.2) is 18.2 Å². The molecule has 0 fully saturated rings. The van der Waals surface area contributed by atoms with Crippen LogP contribution >= 0.6 is 11.6 Å². The number of ether oxygens (including phenoxy) is 1. The van der Waals surface area contributed by atoms with Crippen LogP contribution in [-0.2, 0) is 5.41 Å². The second-order valence-electron chi connectivity index (χ2n) is 6.30. The van der Waals surface area contributed by atoms with E-state index in [-0.39, 0.29) is 17.8 Å². The molecule has 122 valence electrons. The van der Waals surface area contributed by atoms with Gasteiger partial charge in [-0.15, -0.1) is 0 Å². The smallest absolute Gasteiger partial charge is 0.137 e. The Morgan fingerprint density at radius 1 is 1.19 bits per heavy atom. The third-order valence-corrected chi connectivity index (χ3v) is 3.37. The van der Waals surface area contributed by atoms with E-state index in [1.807, 2.05) is 12.1 Å². The molecule has 0 bridgehead atoms. The topological polar surface area (TPSA) is 24.5 Å². The molecule has 0 heterocycles. The largest absolute Gasteiger partial charge is 1.00 e. The van der Waals surface area contributed by atoms with E-state index in [0.29, 0.717) is 11.6 Å². The van der Waals surface area contributed by atoms with Crippen molar-refractivity contribution in [2.75, 3.05) is 40.3 Å². The minimum absolute atomic E-state index is 0. The van der Waals surface area contributed by atoms with Crippen molar-refractivity contribution in [1.82, 2.24) is 10.2 Å². The fraction of sp³-hybridized carbons (Fsp3) is 0.625. The number of rotatable bonds is 7. The first-order valence-corrected chi connectivity index (χ1v) is 7.47. The lowest BCUT2D eigenvalue weighted by molar-refractivity contribution is -0.00000511. The third-order valence-electron chi connectivity index (χ3n) is 3.07. The fourth-order valence-electron chi connectivity index (χ4n) is 1.75. The average Bonchev–Trinajstić information content (AvgIpc) is 2.33. The summed E-state index contributed by atoms with van der Waals surface area (Å²) in [6.07, 6.45) is 0. The van der Waals surface area contributed by atoms with Crippen molar-refractivity contribution in [3.63, 3.8) is 0 Å². The average molecular weight is 334 g/mol. The maximum Gasteiger partial charge on any atom is 0.137 e. The molecule has 21 heavy (non-hydrogen) atoms. The SMILES string of the molecule is CN(C)CCNCCOc1ccc(C(C)(C)C)cc1Cl.[Cl-]. The highest BCUT2D eigenvalue weighted by atomic mass is 35.5. The Labute approximate surface area is 140 Å². The summed E-state index contributed by atoms with van der Waals surface area (Å²) in [5.41, 5.74) is 1.33. The Kier molecular flexibility index (Phi) is 9.30. The predicted molar refractivity (Wildman–Crippen MR) is 87.1 cm³/mol. The molecule has 0 aliphatic carbocycles. The van der Waals surface area contributed by atoms with Crippen LogP contribution in [0.25, 0.3) is 0 Å². The van der Waals surface area contributed by atoms with Gasteiger partial charge in [0, 0.05) is 19.6 Å². The minimum Gasteiger partial charge on any atom is -1.00 e. The van der Waals surface area contributed by atoms with Crippen LogP contribution in [0.4, 0.5) is 0 Å². The van der Waals surface area contributed by atoms with Crippen LogP contribution in [0.1, 0.15) is 26.3 Å². The van der Waals surface area contributed by atoms with Crippen molar-refractivity contribution in [3.8, 4) is 5.75 Å². The Balaban J connectivity index is 0.00000400. The van der Waals surface area contributed by atoms with Gasteiger partial charge in [0.25, 0.3) is 0 Å². The van der Waals surface area contributed by atoms with Gasteiger partial charge in [-0.1, -0.05) is 38.4 Å². The number of hydrogen-bond acceptors (Lipinski definition) is 3. The zero-order chi connectivity index (χ0) is 15.2. The highest BCUT2D eigenvalue weighted by Gasteiger charge is 2.15. The standard InChI is InChI=1S/C16H27ClN2O.ClH/c1-16(2,3)13-6-7-15(14(17)12-13)20-11-9-18-8-10-19(4)5;/h6-7,12,18H,8-11H2,1-5H3;1H/p-1. The zero-order valence-corrected chi connectivity index (χ0v) is 15.2. The number of nitrogens with zero attached hydrogens (tertiary/aromatic N) is 1. The van der Waals surface area contributed by atoms with E-state index in [4.69, 9.17) is 16.3 Å². The van der Waals surface area contributed by atoms with Crippen LogP contribution in [0, 0.1) is 0 Å². The first kappa shape index (κ1) is 20.5. The molecule has 1 N–H and O–H groups in total. The first-order valence-electron chi connectivity index (χ1n) is 7.09. The molecule has 0 amide bonds. The van der Waals surface area contributed by atoms with Crippen molar-refractivity contribution in [1.29, 1.82) is 0 Å². The van der Waals surface area contributed by atoms with Crippen LogP contribution < -0.4 is 22.5 Å². The van der Waals surface area contributed by atoms with E-state index in [0.717, 1.165) is 25.4 Å². The van der Waals surface area contributed by atoms with Gasteiger partial charge in [0.2, 0.25) is 0 Å². The van der Waals surface area contributed by atoms with E-state index < -0.39 is 0 Å². The molecule has 3 nitrogen and oxygen atoms in total. The van der Waals surface area contributed by atoms with Crippen molar-refractivity contribution < 1.29 is 17.1 Å². The van der Waals surface area contributed by atoms with Gasteiger partial charge in [-0.25, -0.2) is 0 Å². The van der Waals surface area contributed by atoms with Gasteiger partial charge < -0.3 is 27.4 Å². The lowest BCUT2D eigenvalue weighted by atomic mass is 9.87. The molecule has 1 aromatic carbocycles. The summed E-state index contributed by atoms with van der Waals surface area (Å²) < 4.78 is 5.70. The van der Waals surface area contributed by atoms with E-state index in [1.165, 1.54) is 5.56 Å². The number of benzene rings is 1. The molecule has 0 spiro atoms. The summed E-state index contributed by atoms with van der Waals surface area (Å²) in [4.78, 5) is 2.15. The van der Waals surface area contributed by atoms with Crippen molar-refractivity contribution in [2.45, 2.75) is 26.2 Å². The summed E-state index contributed by atoms with van der Waals surface area (Å²) in [7, 11) is 4.13. The monoisotopic (exact) mass is 333 g/mol. The molecule has 1 aromatic rings. The van der Waals surface area contributed by atoms with Gasteiger partial charge in [-0.05, 0) is 37.2 Å². The molecule has 0 unspecified atom stereocenters. The van der Waals surface area contributed by atoms with Crippen LogP contribution in [0.5, 0.6) is 5.75 Å². The molecule has 0 saturated heterocycles. The maximum absolute atomic E-state index is 6.27. The van der Waals surface area contributed by atoms with Crippen molar-refractivity contribution in [3.05, 3.63) is 28.8 Å². The van der Waals surface area contributed by atoms with Crippen LogP contribution in [0.2, 0.25) is 5.02 Å². The van der Waals surface area contributed by atoms with Gasteiger partial charge in [0.1, 0.15) is 12.4 Å². The Bertz CT molecular complexity index is 417. The minimum atomic E-state index is 0. The fourth-order valence-corrected chi connectivity index (χ4v) is 1.98. The summed E-state index contributed by atoms with van der Waals surface area (Å²) in [6, 6.07) is 6.04. The number of likely N-dealkylation sites (N-methyl/N-ethyl adjacent to an activating group) is 1. The van der Waals surface area contributed by atoms with Gasteiger partial charge in [-0.2, -0.15) is 0 Å². The van der Waals surface area contributed by atoms with Crippen LogP contribution in [0.3, 0.4) is 0 Å².